The molecule has 1 aromatic carbocycles. The molecule has 1 aliphatic heterocycles. The zero-order valence-electron chi connectivity index (χ0n) is 11.8. The van der Waals surface area contributed by atoms with E-state index >= 15 is 0 Å². The van der Waals surface area contributed by atoms with Gasteiger partial charge >= 0.3 is 0 Å². The van der Waals surface area contributed by atoms with Gasteiger partial charge in [-0.3, -0.25) is 4.79 Å². The lowest BCUT2D eigenvalue weighted by Crippen LogP contribution is -2.32. The highest BCUT2D eigenvalue weighted by molar-refractivity contribution is 5.96. The number of amides is 1. The highest BCUT2D eigenvalue weighted by atomic mass is 16.2. The quantitative estimate of drug-likeness (QED) is 0.763. The Balaban J connectivity index is 2.15. The first-order valence-electron chi connectivity index (χ1n) is 6.83. The Morgan fingerprint density at radius 2 is 1.74 bits per heavy atom. The van der Waals surface area contributed by atoms with Crippen molar-refractivity contribution >= 4 is 17.3 Å². The molecule has 0 radical (unpaired) electrons. The Hall–Kier alpha value is -1.71. The van der Waals surface area contributed by atoms with E-state index < -0.39 is 0 Å². The molecule has 4 heteroatoms. The van der Waals surface area contributed by atoms with Crippen molar-refractivity contribution in [1.82, 2.24) is 4.90 Å². The molecule has 1 aliphatic rings. The fourth-order valence-corrected chi connectivity index (χ4v) is 2.61. The summed E-state index contributed by atoms with van der Waals surface area (Å²) in [6, 6.07) is 5.08. The van der Waals surface area contributed by atoms with Gasteiger partial charge in [0.25, 0.3) is 5.91 Å². The third-order valence-corrected chi connectivity index (χ3v) is 3.85. The fraction of sp³-hybridized carbons (Fsp3) is 0.533. The average Bonchev–Trinajstić information content (AvgIpc) is 2.48. The van der Waals surface area contributed by atoms with E-state index in [0.717, 1.165) is 32.4 Å². The Labute approximate surface area is 114 Å². The van der Waals surface area contributed by atoms with Gasteiger partial charge in [-0.2, -0.15) is 0 Å². The first-order valence-corrected chi connectivity index (χ1v) is 6.83. The second-order valence-electron chi connectivity index (χ2n) is 6.20. The van der Waals surface area contributed by atoms with Crippen molar-refractivity contribution < 1.29 is 4.79 Å². The molecule has 0 aliphatic carbocycles. The molecule has 4 N–H and O–H groups in total. The van der Waals surface area contributed by atoms with Crippen LogP contribution in [0.15, 0.2) is 18.2 Å². The number of nitrogen functional groups attached to an aromatic ring is 2. The van der Waals surface area contributed by atoms with Crippen LogP contribution in [-0.2, 0) is 0 Å². The van der Waals surface area contributed by atoms with Crippen molar-refractivity contribution in [3.8, 4) is 0 Å². The van der Waals surface area contributed by atoms with Gasteiger partial charge in [-0.15, -0.1) is 0 Å². The van der Waals surface area contributed by atoms with E-state index in [1.54, 1.807) is 18.2 Å². The Bertz CT molecular complexity index is 462. The largest absolute Gasteiger partial charge is 0.399 e. The second kappa shape index (κ2) is 5.11. The molecule has 1 saturated heterocycles. The number of carbonyl (C=O) groups is 1. The molecule has 0 spiro atoms. The third kappa shape index (κ3) is 3.40. The number of nitrogens with two attached hydrogens (primary N) is 2. The van der Waals surface area contributed by atoms with Gasteiger partial charge in [0.1, 0.15) is 0 Å². The third-order valence-electron chi connectivity index (χ3n) is 3.85. The van der Waals surface area contributed by atoms with Gasteiger partial charge < -0.3 is 16.4 Å². The van der Waals surface area contributed by atoms with E-state index in [-0.39, 0.29) is 5.91 Å². The predicted molar refractivity (Wildman–Crippen MR) is 78.8 cm³/mol. The number of carbonyl (C=O) groups excluding carboxylic acids is 1. The minimum absolute atomic E-state index is 0.0386. The minimum Gasteiger partial charge on any atom is -0.399 e. The molecule has 0 atom stereocenters. The van der Waals surface area contributed by atoms with E-state index in [0.29, 0.717) is 22.4 Å². The van der Waals surface area contributed by atoms with Crippen molar-refractivity contribution in [2.24, 2.45) is 5.41 Å². The molecule has 0 unspecified atom stereocenters. The van der Waals surface area contributed by atoms with Crippen molar-refractivity contribution in [1.29, 1.82) is 0 Å². The first kappa shape index (κ1) is 13.7. The maximum atomic E-state index is 12.5. The normalized spacial score (nSPS) is 18.9. The van der Waals surface area contributed by atoms with Gasteiger partial charge in [0.15, 0.2) is 0 Å². The van der Waals surface area contributed by atoms with E-state index in [1.807, 2.05) is 4.90 Å². The van der Waals surface area contributed by atoms with E-state index in [4.69, 9.17) is 11.5 Å². The summed E-state index contributed by atoms with van der Waals surface area (Å²) in [6.45, 7) is 6.15. The number of likely N-dealkylation sites (tertiary alicyclic amines) is 1. The van der Waals surface area contributed by atoms with Crippen LogP contribution in [0.3, 0.4) is 0 Å². The molecule has 0 aromatic heterocycles. The van der Waals surface area contributed by atoms with Crippen molar-refractivity contribution in [3.05, 3.63) is 23.8 Å². The number of hydrogen-bond acceptors (Lipinski definition) is 3. The SMILES string of the molecule is CC1(C)CCCN(C(=O)c2cc(N)cc(N)c2)CC1. The maximum absolute atomic E-state index is 12.5. The molecular weight excluding hydrogens is 238 g/mol. The van der Waals surface area contributed by atoms with Crippen LogP contribution >= 0.6 is 0 Å². The molecular formula is C15H23N3O. The molecule has 4 nitrogen and oxygen atoms in total. The first-order chi connectivity index (χ1) is 8.87. The van der Waals surface area contributed by atoms with Crippen LogP contribution in [0.5, 0.6) is 0 Å². The summed E-state index contributed by atoms with van der Waals surface area (Å²) in [5, 5.41) is 0. The van der Waals surface area contributed by atoms with Gasteiger partial charge in [-0.1, -0.05) is 13.8 Å². The number of nitrogens with zero attached hydrogens (tertiary/aromatic N) is 1. The highest BCUT2D eigenvalue weighted by Gasteiger charge is 2.26. The number of hydrogen-bond donors (Lipinski definition) is 2. The molecule has 1 heterocycles. The minimum atomic E-state index is 0.0386. The van der Waals surface area contributed by atoms with Gasteiger partial charge in [0.05, 0.1) is 0 Å². The van der Waals surface area contributed by atoms with Crippen LogP contribution < -0.4 is 11.5 Å². The van der Waals surface area contributed by atoms with Gasteiger partial charge in [-0.05, 0) is 42.9 Å². The summed E-state index contributed by atoms with van der Waals surface area (Å²) in [7, 11) is 0. The molecule has 1 fully saturated rings. The summed E-state index contributed by atoms with van der Waals surface area (Å²) >= 11 is 0. The second-order valence-corrected chi connectivity index (χ2v) is 6.20. The van der Waals surface area contributed by atoms with Crippen molar-refractivity contribution in [3.63, 3.8) is 0 Å². The topological polar surface area (TPSA) is 72.3 Å². The average molecular weight is 261 g/mol. The van der Waals surface area contributed by atoms with Gasteiger partial charge in [-0.25, -0.2) is 0 Å². The van der Waals surface area contributed by atoms with Gasteiger partial charge in [0.2, 0.25) is 0 Å². The standard InChI is InChI=1S/C15H23N3O/c1-15(2)4-3-6-18(7-5-15)14(19)11-8-12(16)10-13(17)9-11/h8-10H,3-7,16-17H2,1-2H3. The fourth-order valence-electron chi connectivity index (χ4n) is 2.61. The van der Waals surface area contributed by atoms with Crippen molar-refractivity contribution in [2.75, 3.05) is 24.6 Å². The van der Waals surface area contributed by atoms with Crippen molar-refractivity contribution in [2.45, 2.75) is 33.1 Å². The summed E-state index contributed by atoms with van der Waals surface area (Å²) in [5.41, 5.74) is 13.5. The van der Waals surface area contributed by atoms with Gasteiger partial charge in [0, 0.05) is 30.0 Å². The summed E-state index contributed by atoms with van der Waals surface area (Å²) in [4.78, 5) is 14.4. The van der Waals surface area contributed by atoms with Crippen LogP contribution in [0.1, 0.15) is 43.5 Å². The van der Waals surface area contributed by atoms with Crippen LogP contribution in [-0.4, -0.2) is 23.9 Å². The molecule has 104 valence electrons. The zero-order valence-corrected chi connectivity index (χ0v) is 11.8. The smallest absolute Gasteiger partial charge is 0.254 e. The predicted octanol–water partition coefficient (Wildman–Crippen LogP) is 2.50. The summed E-state index contributed by atoms with van der Waals surface area (Å²) in [5.74, 6) is 0.0386. The Morgan fingerprint density at radius 3 is 2.37 bits per heavy atom. The monoisotopic (exact) mass is 261 g/mol. The van der Waals surface area contributed by atoms with Crippen LogP contribution in [0, 0.1) is 5.41 Å². The van der Waals surface area contributed by atoms with E-state index in [2.05, 4.69) is 13.8 Å². The number of anilines is 2. The van der Waals surface area contributed by atoms with E-state index in [1.165, 1.54) is 0 Å². The summed E-state index contributed by atoms with van der Waals surface area (Å²) < 4.78 is 0. The lowest BCUT2D eigenvalue weighted by molar-refractivity contribution is 0.0757. The number of benzene rings is 1. The van der Waals surface area contributed by atoms with Crippen LogP contribution in [0.25, 0.3) is 0 Å². The molecule has 19 heavy (non-hydrogen) atoms. The Morgan fingerprint density at radius 1 is 1.11 bits per heavy atom. The zero-order chi connectivity index (χ0) is 14.0. The highest BCUT2D eigenvalue weighted by Crippen LogP contribution is 2.30. The molecule has 2 rings (SSSR count). The van der Waals surface area contributed by atoms with E-state index in [9.17, 15) is 4.79 Å². The molecule has 1 amide bonds. The van der Waals surface area contributed by atoms with Crippen LogP contribution in [0.2, 0.25) is 0 Å². The Kier molecular flexibility index (Phi) is 3.69. The molecule has 0 bridgehead atoms. The summed E-state index contributed by atoms with van der Waals surface area (Å²) in [6.07, 6.45) is 3.25. The molecule has 0 saturated carbocycles. The molecule has 1 aromatic rings. The lowest BCUT2D eigenvalue weighted by Gasteiger charge is -2.23. The lowest BCUT2D eigenvalue weighted by atomic mass is 9.85. The maximum Gasteiger partial charge on any atom is 0.254 e. The van der Waals surface area contributed by atoms with Crippen LogP contribution in [0.4, 0.5) is 11.4 Å². The number of rotatable bonds is 1.